The highest BCUT2D eigenvalue weighted by Gasteiger charge is 2.10. The van der Waals surface area contributed by atoms with Crippen molar-refractivity contribution in [1.29, 1.82) is 0 Å². The molecule has 0 radical (unpaired) electrons. The zero-order chi connectivity index (χ0) is 15.4. The maximum absolute atomic E-state index is 13.6. The van der Waals surface area contributed by atoms with Crippen LogP contribution >= 0.6 is 27.7 Å². The van der Waals surface area contributed by atoms with E-state index in [4.69, 9.17) is 4.42 Å². The molecule has 0 saturated heterocycles. The second-order valence-electron chi connectivity index (χ2n) is 4.04. The van der Waals surface area contributed by atoms with Crippen molar-refractivity contribution in [3.63, 3.8) is 0 Å². The van der Waals surface area contributed by atoms with Gasteiger partial charge in [0.15, 0.2) is 0 Å². The van der Waals surface area contributed by atoms with Gasteiger partial charge in [-0.25, -0.2) is 8.78 Å². The molecule has 0 spiro atoms. The number of thioether (sulfide) groups is 1. The lowest BCUT2D eigenvalue weighted by atomic mass is 10.3. The molecule has 1 aromatic carbocycles. The normalized spacial score (nSPS) is 11.1. The van der Waals surface area contributed by atoms with E-state index in [-0.39, 0.29) is 22.5 Å². The van der Waals surface area contributed by atoms with Crippen molar-refractivity contribution in [1.82, 2.24) is 0 Å². The number of rotatable bonds is 6. The van der Waals surface area contributed by atoms with Gasteiger partial charge in [0.2, 0.25) is 0 Å². The average molecular weight is 384 g/mol. The molecule has 0 bridgehead atoms. The summed E-state index contributed by atoms with van der Waals surface area (Å²) >= 11 is 3.34. The van der Waals surface area contributed by atoms with E-state index in [0.717, 1.165) is 12.1 Å². The second-order valence-corrected chi connectivity index (χ2v) is 5.87. The molecule has 0 aliphatic carbocycles. The van der Waals surface area contributed by atoms with Crippen LogP contribution in [0.1, 0.15) is 11.5 Å². The van der Waals surface area contributed by atoms with Crippen molar-refractivity contribution in [2.24, 2.45) is 0 Å². The number of hydrogen-bond acceptors (Lipinski definition) is 3. The summed E-state index contributed by atoms with van der Waals surface area (Å²) in [6.45, 7) is 0.122. The molecule has 0 unspecified atom stereocenters. The zero-order valence-electron chi connectivity index (χ0n) is 10.5. The Labute approximate surface area is 131 Å². The predicted molar refractivity (Wildman–Crippen MR) is 77.4 cm³/mol. The highest BCUT2D eigenvalue weighted by molar-refractivity contribution is 9.10. The van der Waals surface area contributed by atoms with Crippen molar-refractivity contribution in [2.75, 3.05) is 5.32 Å². The summed E-state index contributed by atoms with van der Waals surface area (Å²) in [6, 6.07) is 5.22. The maximum atomic E-state index is 13.6. The monoisotopic (exact) mass is 383 g/mol. The Kier molecular flexibility index (Phi) is 5.58. The Bertz CT molecular complexity index is 620. The number of furan rings is 1. The number of benzene rings is 1. The van der Waals surface area contributed by atoms with Gasteiger partial charge < -0.3 is 9.73 Å². The minimum absolute atomic E-state index is 0.00407. The topological polar surface area (TPSA) is 25.2 Å². The summed E-state index contributed by atoms with van der Waals surface area (Å²) in [6.07, 6.45) is 0. The molecule has 21 heavy (non-hydrogen) atoms. The SMILES string of the molecule is Fc1cc(NCc2ccc(CSC(F)F)o2)c(F)cc1Br. The van der Waals surface area contributed by atoms with Gasteiger partial charge in [-0.2, -0.15) is 8.78 Å². The molecule has 0 aliphatic heterocycles. The molecule has 1 aromatic heterocycles. The van der Waals surface area contributed by atoms with Gasteiger partial charge >= 0.3 is 0 Å². The molecule has 0 saturated carbocycles. The zero-order valence-corrected chi connectivity index (χ0v) is 12.9. The van der Waals surface area contributed by atoms with Crippen molar-refractivity contribution >= 4 is 33.4 Å². The highest BCUT2D eigenvalue weighted by Crippen LogP contribution is 2.25. The van der Waals surface area contributed by atoms with Crippen LogP contribution in [0.25, 0.3) is 0 Å². The van der Waals surface area contributed by atoms with Gasteiger partial charge in [-0.15, -0.1) is 0 Å². The van der Waals surface area contributed by atoms with E-state index in [1.807, 2.05) is 0 Å². The van der Waals surface area contributed by atoms with Gasteiger partial charge in [0, 0.05) is 6.07 Å². The van der Waals surface area contributed by atoms with Crippen molar-refractivity contribution in [2.45, 2.75) is 18.1 Å². The lowest BCUT2D eigenvalue weighted by molar-refractivity contribution is 0.251. The summed E-state index contributed by atoms with van der Waals surface area (Å²) in [5.74, 6) is -2.76. The van der Waals surface area contributed by atoms with E-state index in [1.54, 1.807) is 12.1 Å². The third-order valence-electron chi connectivity index (χ3n) is 2.53. The first-order chi connectivity index (χ1) is 9.95. The van der Waals surface area contributed by atoms with E-state index in [0.29, 0.717) is 23.3 Å². The molecule has 1 heterocycles. The summed E-state index contributed by atoms with van der Waals surface area (Å²) in [7, 11) is 0. The van der Waals surface area contributed by atoms with Gasteiger partial charge in [0.1, 0.15) is 23.2 Å². The van der Waals surface area contributed by atoms with Crippen LogP contribution in [-0.4, -0.2) is 5.76 Å². The molecule has 8 heteroatoms. The molecular formula is C13H10BrF4NOS. The standard InChI is InChI=1S/C13H10BrF4NOS/c14-9-3-11(16)12(4-10(9)15)19-5-7-1-2-8(20-7)6-21-13(17)18/h1-4,13,19H,5-6H2. The molecule has 2 nitrogen and oxygen atoms in total. The third-order valence-corrected chi connectivity index (χ3v) is 3.84. The molecule has 0 amide bonds. The molecule has 0 fully saturated rings. The van der Waals surface area contributed by atoms with E-state index >= 15 is 0 Å². The van der Waals surface area contributed by atoms with Crippen LogP contribution in [0.5, 0.6) is 0 Å². The number of halogens is 5. The Morgan fingerprint density at radius 1 is 1.14 bits per heavy atom. The molecule has 0 aliphatic rings. The van der Waals surface area contributed by atoms with Crippen LogP contribution in [-0.2, 0) is 12.3 Å². The Morgan fingerprint density at radius 2 is 1.86 bits per heavy atom. The van der Waals surface area contributed by atoms with Crippen LogP contribution in [0.3, 0.4) is 0 Å². The third kappa shape index (κ3) is 4.67. The molecule has 114 valence electrons. The number of anilines is 1. The first kappa shape index (κ1) is 16.2. The quantitative estimate of drug-likeness (QED) is 0.534. The van der Waals surface area contributed by atoms with Crippen LogP contribution in [0.2, 0.25) is 0 Å². The Balaban J connectivity index is 1.96. The van der Waals surface area contributed by atoms with Gasteiger partial charge in [-0.3, -0.25) is 0 Å². The van der Waals surface area contributed by atoms with Crippen LogP contribution in [0, 0.1) is 11.6 Å². The number of nitrogens with one attached hydrogen (secondary N) is 1. The Morgan fingerprint density at radius 3 is 2.57 bits per heavy atom. The minimum Gasteiger partial charge on any atom is -0.463 e. The molecule has 2 aromatic rings. The van der Waals surface area contributed by atoms with E-state index in [2.05, 4.69) is 21.2 Å². The molecule has 2 rings (SSSR count). The van der Waals surface area contributed by atoms with Gasteiger partial charge in [-0.05, 0) is 34.1 Å². The summed E-state index contributed by atoms with van der Waals surface area (Å²) in [5, 5.41) is 2.69. The van der Waals surface area contributed by atoms with Crippen molar-refractivity contribution in [3.8, 4) is 0 Å². The lowest BCUT2D eigenvalue weighted by Gasteiger charge is -2.07. The predicted octanol–water partition coefficient (Wildman–Crippen LogP) is 5.39. The smallest absolute Gasteiger partial charge is 0.284 e. The number of alkyl halides is 2. The highest BCUT2D eigenvalue weighted by atomic mass is 79.9. The van der Waals surface area contributed by atoms with E-state index < -0.39 is 17.4 Å². The van der Waals surface area contributed by atoms with Crippen molar-refractivity contribution in [3.05, 3.63) is 51.9 Å². The molecule has 0 atom stereocenters. The molecular weight excluding hydrogens is 374 g/mol. The van der Waals surface area contributed by atoms with Crippen LogP contribution in [0.4, 0.5) is 23.2 Å². The summed E-state index contributed by atoms with van der Waals surface area (Å²) in [4.78, 5) is 0. The fourth-order valence-corrected chi connectivity index (χ4v) is 2.34. The fourth-order valence-electron chi connectivity index (χ4n) is 1.58. The van der Waals surface area contributed by atoms with Crippen LogP contribution in [0.15, 0.2) is 33.2 Å². The maximum Gasteiger partial charge on any atom is 0.284 e. The first-order valence-corrected chi connectivity index (χ1v) is 7.65. The van der Waals surface area contributed by atoms with E-state index in [1.165, 1.54) is 0 Å². The van der Waals surface area contributed by atoms with Crippen LogP contribution < -0.4 is 5.32 Å². The van der Waals surface area contributed by atoms with E-state index in [9.17, 15) is 17.6 Å². The summed E-state index contributed by atoms with van der Waals surface area (Å²) < 4.78 is 56.3. The average Bonchev–Trinajstić information content (AvgIpc) is 2.87. The van der Waals surface area contributed by atoms with Gasteiger partial charge in [-0.1, -0.05) is 11.8 Å². The second kappa shape index (κ2) is 7.22. The Hall–Kier alpha value is -1.15. The largest absolute Gasteiger partial charge is 0.463 e. The first-order valence-electron chi connectivity index (χ1n) is 5.81. The van der Waals surface area contributed by atoms with Crippen molar-refractivity contribution < 1.29 is 22.0 Å². The molecule has 1 N–H and O–H groups in total. The minimum atomic E-state index is -2.46. The van der Waals surface area contributed by atoms with Gasteiger partial charge in [0.25, 0.3) is 5.76 Å². The fraction of sp³-hybridized carbons (Fsp3) is 0.231. The lowest BCUT2D eigenvalue weighted by Crippen LogP contribution is -2.01. The number of hydrogen-bond donors (Lipinski definition) is 1. The summed E-state index contributed by atoms with van der Waals surface area (Å²) in [5.41, 5.74) is -0.00407. The van der Waals surface area contributed by atoms with Gasteiger partial charge in [0.05, 0.1) is 22.5 Å².